The van der Waals surface area contributed by atoms with Crippen molar-refractivity contribution in [3.05, 3.63) is 59.7 Å². The van der Waals surface area contributed by atoms with Gasteiger partial charge in [0.1, 0.15) is 5.75 Å². The first-order valence-corrected chi connectivity index (χ1v) is 10.7. The molecule has 3 rings (SSSR count). The van der Waals surface area contributed by atoms with Gasteiger partial charge in [0.2, 0.25) is 10.0 Å². The summed E-state index contributed by atoms with van der Waals surface area (Å²) in [5.41, 5.74) is 2.16. The fourth-order valence-electron chi connectivity index (χ4n) is 3.15. The summed E-state index contributed by atoms with van der Waals surface area (Å²) in [7, 11) is -3.61. The number of benzene rings is 2. The van der Waals surface area contributed by atoms with Crippen LogP contribution in [0.5, 0.6) is 5.75 Å². The molecule has 0 aromatic heterocycles. The highest BCUT2D eigenvalue weighted by atomic mass is 32.2. The van der Waals surface area contributed by atoms with E-state index in [1.165, 1.54) is 0 Å². The maximum atomic E-state index is 13.2. The van der Waals surface area contributed by atoms with E-state index in [1.807, 2.05) is 52.0 Å². The van der Waals surface area contributed by atoms with E-state index >= 15 is 0 Å². The number of nitrogens with zero attached hydrogens (tertiary/aromatic N) is 1. The van der Waals surface area contributed by atoms with E-state index < -0.39 is 10.0 Å². The maximum Gasteiger partial charge on any atom is 0.243 e. The van der Waals surface area contributed by atoms with Crippen LogP contribution in [0.25, 0.3) is 0 Å². The molecule has 2 aromatic carbocycles. The summed E-state index contributed by atoms with van der Waals surface area (Å²) in [6, 6.07) is 14.4. The topological polar surface area (TPSA) is 55.8 Å². The number of morpholine rings is 1. The largest absolute Gasteiger partial charge is 0.491 e. The monoisotopic (exact) mass is 389 g/mol. The Balaban J connectivity index is 1.82. The van der Waals surface area contributed by atoms with Gasteiger partial charge in [-0.25, -0.2) is 8.42 Å². The summed E-state index contributed by atoms with van der Waals surface area (Å²) in [6.07, 6.45) is -0.220. The van der Waals surface area contributed by atoms with Crippen LogP contribution in [0.3, 0.4) is 0 Å². The molecular weight excluding hydrogens is 362 g/mol. The lowest BCUT2D eigenvalue weighted by atomic mass is 10.1. The third-order valence-corrected chi connectivity index (χ3v) is 6.62. The molecule has 0 aliphatic carbocycles. The molecule has 2 atom stereocenters. The van der Waals surface area contributed by atoms with E-state index in [0.29, 0.717) is 18.9 Å². The summed E-state index contributed by atoms with van der Waals surface area (Å²) in [5.74, 6) is 0.663. The minimum absolute atomic E-state index is 0.0435. The molecule has 5 nitrogen and oxygen atoms in total. The lowest BCUT2D eigenvalue weighted by Gasteiger charge is -2.37. The molecule has 27 heavy (non-hydrogen) atoms. The van der Waals surface area contributed by atoms with Crippen molar-refractivity contribution in [1.29, 1.82) is 0 Å². The summed E-state index contributed by atoms with van der Waals surface area (Å²) in [5, 5.41) is 0. The summed E-state index contributed by atoms with van der Waals surface area (Å²) in [6.45, 7) is 8.44. The van der Waals surface area contributed by atoms with Crippen LogP contribution in [-0.4, -0.2) is 38.0 Å². The molecule has 0 N–H and O–H groups in total. The first kappa shape index (κ1) is 19.9. The standard InChI is InChI=1S/C21H27NO4S/c1-15(2)26-19-9-11-20(12-10-19)27(23,24)22-13-21(25-14-17(22)4)18-7-5-16(3)6-8-18/h5-12,15,17,21H,13-14H2,1-4H3. The van der Waals surface area contributed by atoms with Crippen LogP contribution in [0.2, 0.25) is 0 Å². The molecule has 1 heterocycles. The quantitative estimate of drug-likeness (QED) is 0.777. The van der Waals surface area contributed by atoms with E-state index in [9.17, 15) is 8.42 Å². The van der Waals surface area contributed by atoms with Crippen molar-refractivity contribution in [2.75, 3.05) is 13.2 Å². The second-order valence-electron chi connectivity index (χ2n) is 7.29. The zero-order valence-electron chi connectivity index (χ0n) is 16.3. The van der Waals surface area contributed by atoms with Crippen molar-refractivity contribution in [2.45, 2.75) is 50.8 Å². The number of ether oxygens (including phenoxy) is 2. The van der Waals surface area contributed by atoms with Crippen molar-refractivity contribution in [1.82, 2.24) is 4.31 Å². The Labute approximate surface area is 162 Å². The first-order chi connectivity index (χ1) is 12.8. The molecule has 2 unspecified atom stereocenters. The van der Waals surface area contributed by atoms with Gasteiger partial charge in [0, 0.05) is 12.6 Å². The SMILES string of the molecule is Cc1ccc(C2CN(S(=O)(=O)c3ccc(OC(C)C)cc3)C(C)CO2)cc1. The van der Waals surface area contributed by atoms with Gasteiger partial charge in [-0.1, -0.05) is 29.8 Å². The van der Waals surface area contributed by atoms with Gasteiger partial charge >= 0.3 is 0 Å². The molecule has 0 radical (unpaired) electrons. The lowest BCUT2D eigenvalue weighted by molar-refractivity contribution is -0.0288. The number of aryl methyl sites for hydroxylation is 1. The average Bonchev–Trinajstić information content (AvgIpc) is 2.63. The molecule has 1 aliphatic heterocycles. The highest BCUT2D eigenvalue weighted by Crippen LogP contribution is 2.30. The smallest absolute Gasteiger partial charge is 0.243 e. The third-order valence-electron chi connectivity index (χ3n) is 4.63. The second-order valence-corrected chi connectivity index (χ2v) is 9.18. The number of hydrogen-bond acceptors (Lipinski definition) is 4. The molecule has 146 valence electrons. The van der Waals surface area contributed by atoms with E-state index in [2.05, 4.69) is 0 Å². The highest BCUT2D eigenvalue weighted by Gasteiger charge is 2.36. The van der Waals surface area contributed by atoms with Crippen molar-refractivity contribution < 1.29 is 17.9 Å². The first-order valence-electron chi connectivity index (χ1n) is 9.24. The summed E-state index contributed by atoms with van der Waals surface area (Å²) >= 11 is 0. The van der Waals surface area contributed by atoms with Crippen LogP contribution in [0.15, 0.2) is 53.4 Å². The predicted molar refractivity (Wildman–Crippen MR) is 105 cm³/mol. The molecule has 0 spiro atoms. The van der Waals surface area contributed by atoms with Gasteiger partial charge in [0.25, 0.3) is 0 Å². The van der Waals surface area contributed by atoms with Crippen molar-refractivity contribution in [3.8, 4) is 5.75 Å². The Morgan fingerprint density at radius 3 is 2.30 bits per heavy atom. The van der Waals surface area contributed by atoms with Crippen LogP contribution < -0.4 is 4.74 Å². The predicted octanol–water partition coefficient (Wildman–Crippen LogP) is 3.93. The molecule has 1 aliphatic rings. The molecule has 1 saturated heterocycles. The van der Waals surface area contributed by atoms with Crippen LogP contribution in [0, 0.1) is 6.92 Å². The summed E-state index contributed by atoms with van der Waals surface area (Å²) < 4.78 is 39.4. The second kappa shape index (κ2) is 8.00. The zero-order valence-corrected chi connectivity index (χ0v) is 17.1. The van der Waals surface area contributed by atoms with Gasteiger partial charge in [-0.15, -0.1) is 0 Å². The van der Waals surface area contributed by atoms with E-state index in [0.717, 1.165) is 11.1 Å². The van der Waals surface area contributed by atoms with Gasteiger partial charge in [-0.05, 0) is 57.5 Å². The molecular formula is C21H27NO4S. The minimum atomic E-state index is -3.61. The molecule has 0 bridgehead atoms. The van der Waals surface area contributed by atoms with Crippen molar-refractivity contribution in [2.24, 2.45) is 0 Å². The van der Waals surface area contributed by atoms with E-state index in [4.69, 9.17) is 9.47 Å². The highest BCUT2D eigenvalue weighted by molar-refractivity contribution is 7.89. The maximum absolute atomic E-state index is 13.2. The lowest BCUT2D eigenvalue weighted by Crippen LogP contribution is -2.48. The number of rotatable bonds is 5. The Morgan fingerprint density at radius 2 is 1.70 bits per heavy atom. The van der Waals surface area contributed by atoms with Gasteiger partial charge in [-0.3, -0.25) is 0 Å². The van der Waals surface area contributed by atoms with Crippen LogP contribution in [-0.2, 0) is 14.8 Å². The molecule has 1 fully saturated rings. The normalized spacial score (nSPS) is 21.4. The Bertz CT molecular complexity index is 860. The van der Waals surface area contributed by atoms with Crippen molar-refractivity contribution >= 4 is 10.0 Å². The van der Waals surface area contributed by atoms with E-state index in [1.54, 1.807) is 28.6 Å². The Kier molecular flexibility index (Phi) is 5.89. The van der Waals surface area contributed by atoms with Gasteiger partial charge in [0.05, 0.1) is 23.7 Å². The Morgan fingerprint density at radius 1 is 1.07 bits per heavy atom. The molecule has 0 amide bonds. The summed E-state index contributed by atoms with van der Waals surface area (Å²) in [4.78, 5) is 0.273. The number of sulfonamides is 1. The minimum Gasteiger partial charge on any atom is -0.491 e. The molecule has 6 heteroatoms. The molecule has 0 saturated carbocycles. The van der Waals surface area contributed by atoms with Gasteiger partial charge in [0.15, 0.2) is 0 Å². The van der Waals surface area contributed by atoms with Crippen LogP contribution in [0.1, 0.15) is 38.0 Å². The number of hydrogen-bond donors (Lipinski definition) is 0. The fraction of sp³-hybridized carbons (Fsp3) is 0.429. The van der Waals surface area contributed by atoms with Crippen LogP contribution in [0.4, 0.5) is 0 Å². The van der Waals surface area contributed by atoms with Gasteiger partial charge < -0.3 is 9.47 Å². The zero-order chi connectivity index (χ0) is 19.6. The third kappa shape index (κ3) is 4.51. The Hall–Kier alpha value is -1.89. The van der Waals surface area contributed by atoms with Gasteiger partial charge in [-0.2, -0.15) is 4.31 Å². The van der Waals surface area contributed by atoms with Crippen molar-refractivity contribution in [3.63, 3.8) is 0 Å². The van der Waals surface area contributed by atoms with E-state index in [-0.39, 0.29) is 23.1 Å². The van der Waals surface area contributed by atoms with Crippen LogP contribution >= 0.6 is 0 Å². The molecule has 2 aromatic rings. The fourth-order valence-corrected chi connectivity index (χ4v) is 4.77. The average molecular weight is 390 g/mol.